The Kier molecular flexibility index (Phi) is 4.62. The average Bonchev–Trinajstić information content (AvgIpc) is 3.27. The Balaban J connectivity index is 1.90. The number of hydrogen-bond acceptors (Lipinski definition) is 7. The maximum atomic E-state index is 9.10. The molecule has 126 valence electrons. The minimum Gasteiger partial charge on any atom is -0.386 e. The molecule has 0 radical (unpaired) electrons. The third kappa shape index (κ3) is 3.15. The molecule has 1 aromatic heterocycles. The van der Waals surface area contributed by atoms with Crippen LogP contribution < -0.4 is 10.2 Å². The first-order chi connectivity index (χ1) is 12.2. The lowest BCUT2D eigenvalue weighted by Gasteiger charge is -2.19. The Bertz CT molecular complexity index is 891. The molecule has 0 atom stereocenters. The largest absolute Gasteiger partial charge is 0.386 e. The van der Waals surface area contributed by atoms with E-state index in [4.69, 9.17) is 10.5 Å². The molecule has 1 saturated heterocycles. The van der Waals surface area contributed by atoms with Crippen LogP contribution in [0.1, 0.15) is 24.2 Å². The van der Waals surface area contributed by atoms with E-state index in [-0.39, 0.29) is 17.3 Å². The van der Waals surface area contributed by atoms with Gasteiger partial charge in [-0.2, -0.15) is 15.5 Å². The highest BCUT2D eigenvalue weighted by molar-refractivity contribution is 5.71. The fraction of sp³-hybridized carbons (Fsp3) is 0.353. The van der Waals surface area contributed by atoms with E-state index in [0.29, 0.717) is 5.69 Å². The van der Waals surface area contributed by atoms with Crippen molar-refractivity contribution in [2.45, 2.75) is 12.8 Å². The van der Waals surface area contributed by atoms with Crippen LogP contribution in [0.3, 0.4) is 0 Å². The second-order valence-electron chi connectivity index (χ2n) is 5.74. The van der Waals surface area contributed by atoms with Crippen LogP contribution in [-0.4, -0.2) is 29.7 Å². The average molecular weight is 334 g/mol. The molecule has 0 saturated carbocycles. The highest BCUT2D eigenvalue weighted by atomic mass is 15.3. The van der Waals surface area contributed by atoms with Crippen molar-refractivity contribution >= 4 is 23.0 Å². The topological polar surface area (TPSA) is 105 Å². The first-order valence-electron chi connectivity index (χ1n) is 8.03. The summed E-state index contributed by atoms with van der Waals surface area (Å²) in [5, 5.41) is 29.6. The SMILES string of the molecule is CNc1cc(N2CCCC2)ccc1N=Nc1nc(C#N)c(C#N)n1C. The number of azo groups is 1. The summed E-state index contributed by atoms with van der Waals surface area (Å²) in [5.41, 5.74) is 2.93. The van der Waals surface area contributed by atoms with Gasteiger partial charge in [-0.15, -0.1) is 10.2 Å². The van der Waals surface area contributed by atoms with Gasteiger partial charge in [0.25, 0.3) is 5.95 Å². The summed E-state index contributed by atoms with van der Waals surface area (Å²) in [6.07, 6.45) is 2.44. The molecule has 2 aromatic rings. The molecule has 3 rings (SSSR count). The van der Waals surface area contributed by atoms with Crippen molar-refractivity contribution in [3.8, 4) is 12.1 Å². The molecule has 1 N–H and O–H groups in total. The lowest BCUT2D eigenvalue weighted by molar-refractivity contribution is 0.879. The molecule has 0 spiro atoms. The molecule has 0 amide bonds. The van der Waals surface area contributed by atoms with Gasteiger partial charge in [-0.3, -0.25) is 0 Å². The normalized spacial score (nSPS) is 13.8. The summed E-state index contributed by atoms with van der Waals surface area (Å²) in [4.78, 5) is 6.39. The van der Waals surface area contributed by atoms with E-state index in [1.54, 1.807) is 7.05 Å². The van der Waals surface area contributed by atoms with E-state index in [9.17, 15) is 0 Å². The Morgan fingerprint density at radius 2 is 1.92 bits per heavy atom. The van der Waals surface area contributed by atoms with Gasteiger partial charge in [0, 0.05) is 32.9 Å². The molecule has 8 heteroatoms. The summed E-state index contributed by atoms with van der Waals surface area (Å²) in [6.45, 7) is 2.15. The first-order valence-corrected chi connectivity index (χ1v) is 8.03. The molecular weight excluding hydrogens is 316 g/mol. The molecule has 2 heterocycles. The second-order valence-corrected chi connectivity index (χ2v) is 5.74. The Morgan fingerprint density at radius 1 is 1.16 bits per heavy atom. The predicted octanol–water partition coefficient (Wildman–Crippen LogP) is 3.22. The molecule has 1 fully saturated rings. The predicted molar refractivity (Wildman–Crippen MR) is 94.2 cm³/mol. The molecular formula is C17H18N8. The zero-order chi connectivity index (χ0) is 17.8. The van der Waals surface area contributed by atoms with Crippen LogP contribution in [0.15, 0.2) is 28.4 Å². The minimum absolute atomic E-state index is 0.0529. The van der Waals surface area contributed by atoms with Crippen LogP contribution in [0, 0.1) is 22.7 Å². The second kappa shape index (κ2) is 7.02. The smallest absolute Gasteiger partial charge is 0.251 e. The number of anilines is 2. The van der Waals surface area contributed by atoms with Crippen molar-refractivity contribution in [3.05, 3.63) is 29.6 Å². The molecule has 1 aliphatic heterocycles. The molecule has 0 bridgehead atoms. The quantitative estimate of drug-likeness (QED) is 0.864. The minimum atomic E-state index is 0.0529. The fourth-order valence-corrected chi connectivity index (χ4v) is 2.86. The zero-order valence-corrected chi connectivity index (χ0v) is 14.2. The summed E-state index contributed by atoms with van der Waals surface area (Å²) < 4.78 is 1.46. The van der Waals surface area contributed by atoms with Crippen molar-refractivity contribution in [2.75, 3.05) is 30.4 Å². The first kappa shape index (κ1) is 16.5. The van der Waals surface area contributed by atoms with Gasteiger partial charge in [-0.25, -0.2) is 0 Å². The van der Waals surface area contributed by atoms with Gasteiger partial charge in [-0.05, 0) is 31.0 Å². The van der Waals surface area contributed by atoms with E-state index >= 15 is 0 Å². The van der Waals surface area contributed by atoms with Crippen molar-refractivity contribution < 1.29 is 0 Å². The van der Waals surface area contributed by atoms with E-state index in [2.05, 4.69) is 31.5 Å². The summed E-state index contributed by atoms with van der Waals surface area (Å²) >= 11 is 0. The number of imidazole rings is 1. The van der Waals surface area contributed by atoms with Gasteiger partial charge in [0.15, 0.2) is 11.4 Å². The highest BCUT2D eigenvalue weighted by Crippen LogP contribution is 2.32. The van der Waals surface area contributed by atoms with Crippen LogP contribution in [0.5, 0.6) is 0 Å². The highest BCUT2D eigenvalue weighted by Gasteiger charge is 2.15. The fourth-order valence-electron chi connectivity index (χ4n) is 2.86. The zero-order valence-electron chi connectivity index (χ0n) is 14.2. The van der Waals surface area contributed by atoms with Gasteiger partial charge in [0.2, 0.25) is 0 Å². The van der Waals surface area contributed by atoms with Crippen LogP contribution in [0.4, 0.5) is 23.0 Å². The van der Waals surface area contributed by atoms with Crippen molar-refractivity contribution in [1.29, 1.82) is 10.5 Å². The number of hydrogen-bond donors (Lipinski definition) is 1. The van der Waals surface area contributed by atoms with Gasteiger partial charge >= 0.3 is 0 Å². The van der Waals surface area contributed by atoms with Crippen LogP contribution in [-0.2, 0) is 7.05 Å². The van der Waals surface area contributed by atoms with Crippen LogP contribution >= 0.6 is 0 Å². The number of nitrogens with one attached hydrogen (secondary N) is 1. The van der Waals surface area contributed by atoms with E-state index in [1.807, 2.05) is 31.3 Å². The molecule has 8 nitrogen and oxygen atoms in total. The summed E-state index contributed by atoms with van der Waals surface area (Å²) in [7, 11) is 3.47. The maximum absolute atomic E-state index is 9.10. The molecule has 1 aliphatic rings. The Morgan fingerprint density at radius 3 is 2.52 bits per heavy atom. The number of nitrogens with zero attached hydrogens (tertiary/aromatic N) is 7. The van der Waals surface area contributed by atoms with E-state index in [1.165, 1.54) is 17.4 Å². The van der Waals surface area contributed by atoms with Crippen LogP contribution in [0.2, 0.25) is 0 Å². The number of aromatic nitrogens is 2. The summed E-state index contributed by atoms with van der Waals surface area (Å²) in [6, 6.07) is 9.83. The third-order valence-corrected chi connectivity index (χ3v) is 4.25. The molecule has 1 aromatic carbocycles. The number of benzene rings is 1. The molecule has 0 unspecified atom stereocenters. The molecule has 0 aliphatic carbocycles. The standard InChI is InChI=1S/C17H18N8/c1-20-14-9-12(25-7-3-4-8-25)5-6-13(14)22-23-17-21-15(10-18)16(11-19)24(17)2/h5-6,9,20H,3-4,7-8H2,1-2H3. The van der Waals surface area contributed by atoms with E-state index < -0.39 is 0 Å². The maximum Gasteiger partial charge on any atom is 0.251 e. The molecule has 25 heavy (non-hydrogen) atoms. The van der Waals surface area contributed by atoms with Crippen molar-refractivity contribution in [1.82, 2.24) is 9.55 Å². The van der Waals surface area contributed by atoms with Gasteiger partial charge in [0.1, 0.15) is 17.8 Å². The van der Waals surface area contributed by atoms with Crippen LogP contribution in [0.25, 0.3) is 0 Å². The van der Waals surface area contributed by atoms with Gasteiger partial charge in [0.05, 0.1) is 5.69 Å². The van der Waals surface area contributed by atoms with Gasteiger partial charge < -0.3 is 14.8 Å². The lowest BCUT2D eigenvalue weighted by atomic mass is 10.2. The number of nitriles is 2. The summed E-state index contributed by atoms with van der Waals surface area (Å²) in [5.74, 6) is 0.221. The Labute approximate surface area is 146 Å². The van der Waals surface area contributed by atoms with Crippen molar-refractivity contribution in [3.63, 3.8) is 0 Å². The van der Waals surface area contributed by atoms with E-state index in [0.717, 1.165) is 24.5 Å². The monoisotopic (exact) mass is 334 g/mol. The number of rotatable bonds is 4. The third-order valence-electron chi connectivity index (χ3n) is 4.25. The Hall–Kier alpha value is -3.39. The van der Waals surface area contributed by atoms with Crippen molar-refractivity contribution in [2.24, 2.45) is 17.3 Å². The lowest BCUT2D eigenvalue weighted by Crippen LogP contribution is -2.17. The van der Waals surface area contributed by atoms with Gasteiger partial charge in [-0.1, -0.05) is 0 Å².